The van der Waals surface area contributed by atoms with Crippen LogP contribution in [0.3, 0.4) is 0 Å². The minimum atomic E-state index is -0.410. The van der Waals surface area contributed by atoms with Gasteiger partial charge >= 0.3 is 0 Å². The lowest BCUT2D eigenvalue weighted by Gasteiger charge is -2.41. The number of nitrogens with zero attached hydrogens (tertiary/aromatic N) is 1. The van der Waals surface area contributed by atoms with Gasteiger partial charge in [0.2, 0.25) is 0 Å². The average molecular weight is 310 g/mol. The first kappa shape index (κ1) is 16.8. The summed E-state index contributed by atoms with van der Waals surface area (Å²) < 4.78 is 0. The Morgan fingerprint density at radius 1 is 1.24 bits per heavy atom. The molecule has 0 aliphatic carbocycles. The highest BCUT2D eigenvalue weighted by atomic mass is 35.5. The molecule has 0 saturated carbocycles. The third kappa shape index (κ3) is 4.45. The summed E-state index contributed by atoms with van der Waals surface area (Å²) in [6, 6.07) is 7.56. The van der Waals surface area contributed by atoms with E-state index in [4.69, 9.17) is 11.6 Å². The second kappa shape index (κ2) is 7.62. The standard InChI is InChI=1S/C18H28ClNO/c1-3-18(4-2)9-12-20(13-10-18)11-8-17(21)15-6-5-7-16(19)14-15/h5-7,14,17,21H,3-4,8-13H2,1-2H3. The van der Waals surface area contributed by atoms with Crippen molar-refractivity contribution < 1.29 is 5.11 Å². The number of aliphatic hydroxyl groups excluding tert-OH is 1. The molecule has 3 heteroatoms. The maximum atomic E-state index is 10.3. The van der Waals surface area contributed by atoms with Gasteiger partial charge in [0.05, 0.1) is 6.10 Å². The third-order valence-corrected chi connectivity index (χ3v) is 5.60. The van der Waals surface area contributed by atoms with Crippen molar-refractivity contribution in [3.05, 3.63) is 34.9 Å². The SMILES string of the molecule is CCC1(CC)CCN(CCC(O)c2cccc(Cl)c2)CC1. The molecule has 1 aliphatic heterocycles. The van der Waals surface area contributed by atoms with Crippen LogP contribution in [0.1, 0.15) is 57.6 Å². The molecular formula is C18H28ClNO. The van der Waals surface area contributed by atoms with Gasteiger partial charge in [-0.25, -0.2) is 0 Å². The van der Waals surface area contributed by atoms with Crippen molar-refractivity contribution in [2.45, 2.75) is 52.1 Å². The van der Waals surface area contributed by atoms with Gasteiger partial charge in [0, 0.05) is 11.6 Å². The second-order valence-corrected chi connectivity index (χ2v) is 6.84. The lowest BCUT2D eigenvalue weighted by molar-refractivity contribution is 0.0782. The van der Waals surface area contributed by atoms with Crippen LogP contribution in [0, 0.1) is 5.41 Å². The summed E-state index contributed by atoms with van der Waals surface area (Å²) in [7, 11) is 0. The van der Waals surface area contributed by atoms with Crippen molar-refractivity contribution >= 4 is 11.6 Å². The van der Waals surface area contributed by atoms with Crippen LogP contribution in [0.4, 0.5) is 0 Å². The molecule has 1 heterocycles. The fourth-order valence-electron chi connectivity index (χ4n) is 3.39. The van der Waals surface area contributed by atoms with Crippen LogP contribution in [-0.2, 0) is 0 Å². The molecular weight excluding hydrogens is 282 g/mol. The van der Waals surface area contributed by atoms with Gasteiger partial charge in [-0.2, -0.15) is 0 Å². The summed E-state index contributed by atoms with van der Waals surface area (Å²) in [6.45, 7) is 7.95. The minimum Gasteiger partial charge on any atom is -0.388 e. The lowest BCUT2D eigenvalue weighted by atomic mass is 9.74. The largest absolute Gasteiger partial charge is 0.388 e. The lowest BCUT2D eigenvalue weighted by Crippen LogP contribution is -2.40. The Morgan fingerprint density at radius 3 is 2.48 bits per heavy atom. The van der Waals surface area contributed by atoms with E-state index < -0.39 is 6.10 Å². The molecule has 1 aromatic carbocycles. The van der Waals surface area contributed by atoms with Crippen molar-refractivity contribution in [3.63, 3.8) is 0 Å². The van der Waals surface area contributed by atoms with Gasteiger partial charge in [0.1, 0.15) is 0 Å². The highest BCUT2D eigenvalue weighted by molar-refractivity contribution is 6.30. The maximum Gasteiger partial charge on any atom is 0.0802 e. The van der Waals surface area contributed by atoms with E-state index in [1.165, 1.54) is 38.8 Å². The molecule has 0 spiro atoms. The van der Waals surface area contributed by atoms with Crippen LogP contribution in [0.5, 0.6) is 0 Å². The van der Waals surface area contributed by atoms with E-state index in [2.05, 4.69) is 18.7 Å². The van der Waals surface area contributed by atoms with Crippen molar-refractivity contribution in [1.29, 1.82) is 0 Å². The smallest absolute Gasteiger partial charge is 0.0802 e. The van der Waals surface area contributed by atoms with Crippen LogP contribution in [0.2, 0.25) is 5.02 Å². The minimum absolute atomic E-state index is 0.410. The number of aliphatic hydroxyl groups is 1. The number of benzene rings is 1. The molecule has 1 N–H and O–H groups in total. The predicted octanol–water partition coefficient (Wildman–Crippen LogP) is 4.67. The van der Waals surface area contributed by atoms with Crippen LogP contribution in [0.15, 0.2) is 24.3 Å². The molecule has 2 nitrogen and oxygen atoms in total. The molecule has 1 aromatic rings. The molecule has 1 atom stereocenters. The zero-order valence-corrected chi connectivity index (χ0v) is 14.1. The molecule has 2 rings (SSSR count). The van der Waals surface area contributed by atoms with E-state index in [1.54, 1.807) is 0 Å². The van der Waals surface area contributed by atoms with Gasteiger partial charge < -0.3 is 10.0 Å². The van der Waals surface area contributed by atoms with E-state index >= 15 is 0 Å². The number of hydrogen-bond donors (Lipinski definition) is 1. The Kier molecular flexibility index (Phi) is 6.09. The van der Waals surface area contributed by atoms with Gasteiger partial charge in [-0.05, 0) is 55.5 Å². The van der Waals surface area contributed by atoms with Crippen LogP contribution in [-0.4, -0.2) is 29.6 Å². The molecule has 1 unspecified atom stereocenters. The van der Waals surface area contributed by atoms with E-state index in [9.17, 15) is 5.11 Å². The topological polar surface area (TPSA) is 23.5 Å². The number of likely N-dealkylation sites (tertiary alicyclic amines) is 1. The fraction of sp³-hybridized carbons (Fsp3) is 0.667. The van der Waals surface area contributed by atoms with Gasteiger partial charge in [0.25, 0.3) is 0 Å². The Bertz CT molecular complexity index is 435. The summed E-state index contributed by atoms with van der Waals surface area (Å²) in [5.74, 6) is 0. The average Bonchev–Trinajstić information content (AvgIpc) is 2.53. The number of rotatable bonds is 6. The van der Waals surface area contributed by atoms with Crippen molar-refractivity contribution in [1.82, 2.24) is 4.90 Å². The first-order valence-corrected chi connectivity index (χ1v) is 8.62. The van der Waals surface area contributed by atoms with Crippen LogP contribution >= 0.6 is 11.6 Å². The summed E-state index contributed by atoms with van der Waals surface area (Å²) in [4.78, 5) is 2.50. The Balaban J connectivity index is 1.79. The van der Waals surface area contributed by atoms with Gasteiger partial charge in [-0.1, -0.05) is 50.4 Å². The zero-order valence-electron chi connectivity index (χ0n) is 13.3. The summed E-state index contributed by atoms with van der Waals surface area (Å²) >= 11 is 5.98. The molecule has 0 bridgehead atoms. The van der Waals surface area contributed by atoms with E-state index in [0.717, 1.165) is 18.5 Å². The monoisotopic (exact) mass is 309 g/mol. The van der Waals surface area contributed by atoms with E-state index in [1.807, 2.05) is 24.3 Å². The molecule has 1 fully saturated rings. The molecule has 0 aromatic heterocycles. The van der Waals surface area contributed by atoms with Crippen LogP contribution < -0.4 is 0 Å². The van der Waals surface area contributed by atoms with Gasteiger partial charge in [-0.15, -0.1) is 0 Å². The Hall–Kier alpha value is -0.570. The molecule has 21 heavy (non-hydrogen) atoms. The normalized spacial score (nSPS) is 20.4. The summed E-state index contributed by atoms with van der Waals surface area (Å²) in [5.41, 5.74) is 1.50. The first-order valence-electron chi connectivity index (χ1n) is 8.24. The van der Waals surface area contributed by atoms with Gasteiger partial charge in [-0.3, -0.25) is 0 Å². The molecule has 0 amide bonds. The summed E-state index contributed by atoms with van der Waals surface area (Å²) in [5, 5.41) is 11.0. The summed E-state index contributed by atoms with van der Waals surface area (Å²) in [6.07, 6.45) is 5.56. The Labute approximate surface area is 134 Å². The number of hydrogen-bond acceptors (Lipinski definition) is 2. The third-order valence-electron chi connectivity index (χ3n) is 5.37. The number of piperidine rings is 1. The number of halogens is 1. The quantitative estimate of drug-likeness (QED) is 0.825. The predicted molar refractivity (Wildman–Crippen MR) is 89.7 cm³/mol. The second-order valence-electron chi connectivity index (χ2n) is 6.41. The Morgan fingerprint density at radius 2 is 1.90 bits per heavy atom. The molecule has 0 radical (unpaired) electrons. The van der Waals surface area contributed by atoms with E-state index in [-0.39, 0.29) is 0 Å². The van der Waals surface area contributed by atoms with Crippen molar-refractivity contribution in [2.24, 2.45) is 5.41 Å². The maximum absolute atomic E-state index is 10.3. The first-order chi connectivity index (χ1) is 10.1. The molecule has 118 valence electrons. The van der Waals surface area contributed by atoms with E-state index in [0.29, 0.717) is 10.4 Å². The molecule has 1 aliphatic rings. The highest BCUT2D eigenvalue weighted by Gasteiger charge is 2.31. The van der Waals surface area contributed by atoms with Gasteiger partial charge in [0.15, 0.2) is 0 Å². The fourth-order valence-corrected chi connectivity index (χ4v) is 3.59. The van der Waals surface area contributed by atoms with Crippen molar-refractivity contribution in [3.8, 4) is 0 Å². The van der Waals surface area contributed by atoms with Crippen LogP contribution in [0.25, 0.3) is 0 Å². The highest BCUT2D eigenvalue weighted by Crippen LogP contribution is 2.38. The van der Waals surface area contributed by atoms with Crippen molar-refractivity contribution in [2.75, 3.05) is 19.6 Å². The molecule has 1 saturated heterocycles. The zero-order chi connectivity index (χ0) is 15.3.